The van der Waals surface area contributed by atoms with E-state index in [1.165, 1.54) is 21.0 Å². The Hall–Kier alpha value is -2.23. The number of anilines is 1. The molecular formula is C22H27N3O4S2. The molecule has 31 heavy (non-hydrogen) atoms. The molecule has 1 aromatic carbocycles. The highest BCUT2D eigenvalue weighted by Crippen LogP contribution is 2.28. The van der Waals surface area contributed by atoms with Crippen LogP contribution in [0.5, 0.6) is 0 Å². The highest BCUT2D eigenvalue weighted by atomic mass is 32.2. The van der Waals surface area contributed by atoms with Crippen LogP contribution in [0.4, 0.5) is 5.69 Å². The van der Waals surface area contributed by atoms with Crippen molar-refractivity contribution < 1.29 is 18.0 Å². The number of rotatable bonds is 4. The molecule has 0 spiro atoms. The molecule has 2 amide bonds. The zero-order chi connectivity index (χ0) is 22.2. The third-order valence-electron chi connectivity index (χ3n) is 6.14. The van der Waals surface area contributed by atoms with Crippen molar-refractivity contribution in [2.75, 3.05) is 31.2 Å². The average molecular weight is 462 g/mol. The number of thiophene rings is 1. The molecule has 1 aromatic heterocycles. The molecule has 9 heteroatoms. The number of carbonyl (C=O) groups is 2. The number of piperidine rings is 1. The van der Waals surface area contributed by atoms with Crippen LogP contribution >= 0.6 is 11.3 Å². The normalized spacial score (nSPS) is 19.7. The smallest absolute Gasteiger partial charge is 0.254 e. The largest absolute Gasteiger partial charge is 0.334 e. The van der Waals surface area contributed by atoms with Crippen molar-refractivity contribution in [2.45, 2.75) is 32.7 Å². The molecule has 3 heterocycles. The molecule has 2 aliphatic heterocycles. The number of benzene rings is 1. The Morgan fingerprint density at radius 3 is 2.77 bits per heavy atom. The molecule has 1 N–H and O–H groups in total. The fraction of sp³-hybridized carbons (Fsp3) is 0.455. The number of fused-ring (bicyclic) bond motifs is 1. The van der Waals surface area contributed by atoms with Crippen LogP contribution in [0, 0.1) is 12.8 Å². The third-order valence-corrected chi connectivity index (χ3v) is 8.43. The minimum absolute atomic E-state index is 0.0358. The van der Waals surface area contributed by atoms with Crippen LogP contribution in [0.25, 0.3) is 0 Å². The fourth-order valence-electron chi connectivity index (χ4n) is 4.29. The Bertz CT molecular complexity index is 1110. The standard InChI is InChI=1S/C22H27N3O4S2/c1-15-18(22(27)24-11-8-20-16(13-24)9-12-30-20)6-3-7-19(15)23-21(26)17-5-4-10-25(14-17)31(2,28)29/h3,6-7,9,12,17H,4-5,8,10-11,13-14H2,1-2H3,(H,23,26). The SMILES string of the molecule is Cc1c(NC(=O)C2CCCN(S(C)(=O)=O)C2)cccc1C(=O)N1CCc2sccc2C1. The van der Waals surface area contributed by atoms with E-state index in [-0.39, 0.29) is 18.4 Å². The van der Waals surface area contributed by atoms with Gasteiger partial charge in [-0.15, -0.1) is 11.3 Å². The summed E-state index contributed by atoms with van der Waals surface area (Å²) < 4.78 is 25.1. The summed E-state index contributed by atoms with van der Waals surface area (Å²) in [5.74, 6) is -0.644. The highest BCUT2D eigenvalue weighted by Gasteiger charge is 2.31. The predicted molar refractivity (Wildman–Crippen MR) is 122 cm³/mol. The lowest BCUT2D eigenvalue weighted by atomic mass is 9.98. The second-order valence-electron chi connectivity index (χ2n) is 8.27. The first kappa shape index (κ1) is 22.0. The zero-order valence-corrected chi connectivity index (χ0v) is 19.4. The van der Waals surface area contributed by atoms with Crippen molar-refractivity contribution in [3.05, 3.63) is 51.2 Å². The number of amides is 2. The Labute approximate surface area is 187 Å². The van der Waals surface area contributed by atoms with Crippen LogP contribution in [0.3, 0.4) is 0 Å². The van der Waals surface area contributed by atoms with Gasteiger partial charge in [-0.3, -0.25) is 9.59 Å². The number of nitrogens with one attached hydrogen (secondary N) is 1. The maximum atomic E-state index is 13.2. The van der Waals surface area contributed by atoms with E-state index < -0.39 is 15.9 Å². The van der Waals surface area contributed by atoms with Crippen LogP contribution in [-0.4, -0.2) is 55.3 Å². The molecule has 0 saturated carbocycles. The Balaban J connectivity index is 1.48. The summed E-state index contributed by atoms with van der Waals surface area (Å²) in [6.07, 6.45) is 3.34. The number of sulfonamides is 1. The Morgan fingerprint density at radius 1 is 1.19 bits per heavy atom. The second-order valence-corrected chi connectivity index (χ2v) is 11.3. The van der Waals surface area contributed by atoms with E-state index in [2.05, 4.69) is 16.8 Å². The van der Waals surface area contributed by atoms with Gasteiger partial charge in [-0.05, 0) is 60.9 Å². The van der Waals surface area contributed by atoms with Crippen molar-refractivity contribution in [3.8, 4) is 0 Å². The summed E-state index contributed by atoms with van der Waals surface area (Å²) in [6, 6.07) is 7.43. The third kappa shape index (κ3) is 4.68. The van der Waals surface area contributed by atoms with Crippen LogP contribution in [0.1, 0.15) is 39.2 Å². The first-order valence-corrected chi connectivity index (χ1v) is 13.2. The van der Waals surface area contributed by atoms with Crippen molar-refractivity contribution in [3.63, 3.8) is 0 Å². The first-order chi connectivity index (χ1) is 14.7. The summed E-state index contributed by atoms with van der Waals surface area (Å²) in [4.78, 5) is 29.2. The molecule has 1 unspecified atom stereocenters. The lowest BCUT2D eigenvalue weighted by Crippen LogP contribution is -2.43. The van der Waals surface area contributed by atoms with Gasteiger partial charge in [-0.25, -0.2) is 12.7 Å². The summed E-state index contributed by atoms with van der Waals surface area (Å²) >= 11 is 1.74. The number of nitrogens with zero attached hydrogens (tertiary/aromatic N) is 2. The molecule has 0 bridgehead atoms. The van der Waals surface area contributed by atoms with Gasteiger partial charge in [-0.2, -0.15) is 0 Å². The molecule has 0 aliphatic carbocycles. The van der Waals surface area contributed by atoms with Gasteiger partial charge in [0.15, 0.2) is 0 Å². The topological polar surface area (TPSA) is 86.8 Å². The monoisotopic (exact) mass is 461 g/mol. The van der Waals surface area contributed by atoms with Crippen molar-refractivity contribution in [1.82, 2.24) is 9.21 Å². The van der Waals surface area contributed by atoms with Crippen LogP contribution in [-0.2, 0) is 27.8 Å². The van der Waals surface area contributed by atoms with E-state index >= 15 is 0 Å². The van der Waals surface area contributed by atoms with E-state index in [0.29, 0.717) is 43.7 Å². The molecule has 1 saturated heterocycles. The van der Waals surface area contributed by atoms with Gasteiger partial charge in [0.05, 0.1) is 12.2 Å². The van der Waals surface area contributed by atoms with Crippen molar-refractivity contribution in [2.24, 2.45) is 5.92 Å². The maximum Gasteiger partial charge on any atom is 0.254 e. The van der Waals surface area contributed by atoms with Gasteiger partial charge in [0, 0.05) is 42.3 Å². The van der Waals surface area contributed by atoms with Crippen molar-refractivity contribution in [1.29, 1.82) is 0 Å². The minimum Gasteiger partial charge on any atom is -0.334 e. The molecule has 2 aliphatic rings. The molecule has 0 radical (unpaired) electrons. The zero-order valence-electron chi connectivity index (χ0n) is 17.8. The number of hydrogen-bond acceptors (Lipinski definition) is 5. The first-order valence-electron chi connectivity index (χ1n) is 10.4. The molecular weight excluding hydrogens is 434 g/mol. The maximum absolute atomic E-state index is 13.2. The number of carbonyl (C=O) groups excluding carboxylic acids is 2. The molecule has 2 aromatic rings. The van der Waals surface area contributed by atoms with Gasteiger partial charge < -0.3 is 10.2 Å². The fourth-order valence-corrected chi connectivity index (χ4v) is 6.09. The summed E-state index contributed by atoms with van der Waals surface area (Å²) in [7, 11) is -3.32. The summed E-state index contributed by atoms with van der Waals surface area (Å²) in [5.41, 5.74) is 3.12. The highest BCUT2D eigenvalue weighted by molar-refractivity contribution is 7.88. The van der Waals surface area contributed by atoms with Gasteiger partial charge in [0.2, 0.25) is 15.9 Å². The Morgan fingerprint density at radius 2 is 2.00 bits per heavy atom. The van der Waals surface area contributed by atoms with Gasteiger partial charge in [-0.1, -0.05) is 6.07 Å². The lowest BCUT2D eigenvalue weighted by molar-refractivity contribution is -0.120. The molecule has 7 nitrogen and oxygen atoms in total. The van der Waals surface area contributed by atoms with E-state index in [0.717, 1.165) is 12.0 Å². The van der Waals surface area contributed by atoms with E-state index in [1.807, 2.05) is 11.8 Å². The molecule has 1 fully saturated rings. The van der Waals surface area contributed by atoms with E-state index in [9.17, 15) is 18.0 Å². The van der Waals surface area contributed by atoms with Gasteiger partial charge in [0.25, 0.3) is 5.91 Å². The van der Waals surface area contributed by atoms with E-state index in [1.54, 1.807) is 29.5 Å². The Kier molecular flexibility index (Phi) is 6.18. The second kappa shape index (κ2) is 8.72. The summed E-state index contributed by atoms with van der Waals surface area (Å²) in [6.45, 7) is 3.78. The molecule has 4 rings (SSSR count). The summed E-state index contributed by atoms with van der Waals surface area (Å²) in [5, 5.41) is 5.00. The van der Waals surface area contributed by atoms with Crippen LogP contribution in [0.15, 0.2) is 29.6 Å². The molecule has 166 valence electrons. The molecule has 1 atom stereocenters. The van der Waals surface area contributed by atoms with Gasteiger partial charge >= 0.3 is 0 Å². The van der Waals surface area contributed by atoms with E-state index in [4.69, 9.17) is 0 Å². The quantitative estimate of drug-likeness (QED) is 0.759. The van der Waals surface area contributed by atoms with Gasteiger partial charge in [0.1, 0.15) is 0 Å². The minimum atomic E-state index is -3.32. The number of hydrogen-bond donors (Lipinski definition) is 1. The van der Waals surface area contributed by atoms with Crippen LogP contribution < -0.4 is 5.32 Å². The lowest BCUT2D eigenvalue weighted by Gasteiger charge is -2.30. The van der Waals surface area contributed by atoms with Crippen LogP contribution in [0.2, 0.25) is 0 Å². The predicted octanol–water partition coefficient (Wildman–Crippen LogP) is 2.87. The average Bonchev–Trinajstić information content (AvgIpc) is 3.22. The van der Waals surface area contributed by atoms with Crippen molar-refractivity contribution >= 4 is 38.9 Å².